The fourth-order valence-electron chi connectivity index (χ4n) is 4.44. The summed E-state index contributed by atoms with van der Waals surface area (Å²) in [5, 5.41) is 0. The van der Waals surface area contributed by atoms with Gasteiger partial charge >= 0.3 is 0 Å². The number of hydrogen-bond acceptors (Lipinski definition) is 9. The van der Waals surface area contributed by atoms with Gasteiger partial charge in [-0.25, -0.2) is 15.0 Å². The lowest BCUT2D eigenvalue weighted by Gasteiger charge is -2.30. The summed E-state index contributed by atoms with van der Waals surface area (Å²) in [6.07, 6.45) is 2.63. The minimum absolute atomic E-state index is 0.168. The Balaban J connectivity index is 1.68. The van der Waals surface area contributed by atoms with Crippen LogP contribution in [0.15, 0.2) is 12.7 Å². The maximum absolute atomic E-state index is 6.44. The molecule has 2 aromatic rings. The van der Waals surface area contributed by atoms with Gasteiger partial charge in [0, 0.05) is 26.2 Å². The van der Waals surface area contributed by atoms with Crippen LogP contribution >= 0.6 is 0 Å². The van der Waals surface area contributed by atoms with Crippen molar-refractivity contribution in [1.29, 1.82) is 0 Å². The number of ether oxygens (including phenoxy) is 3. The van der Waals surface area contributed by atoms with E-state index in [1.165, 1.54) is 6.33 Å². The summed E-state index contributed by atoms with van der Waals surface area (Å²) in [5.41, 5.74) is 12.1. The standard InChI is InChI=1S/C19H31N7O3/c1-12(2)7-25(6-5-20)8-13-15-19(9-27-13,29-18(3,4)28-15)26-11-24-14-16(21)22-10-23-17(14)26/h10-13,15H,5-9,20H2,1-4H3,(H2,21,22,23). The van der Waals surface area contributed by atoms with E-state index in [0.717, 1.165) is 13.1 Å². The molecule has 4 heterocycles. The molecule has 0 bridgehead atoms. The predicted octanol–water partition coefficient (Wildman–Crippen LogP) is 0.528. The second-order valence-electron chi connectivity index (χ2n) is 8.72. The Hall–Kier alpha value is -1.85. The van der Waals surface area contributed by atoms with E-state index < -0.39 is 11.5 Å². The van der Waals surface area contributed by atoms with Crippen LogP contribution in [-0.2, 0) is 19.9 Å². The number of fused-ring (bicyclic) bond motifs is 2. The van der Waals surface area contributed by atoms with Crippen molar-refractivity contribution in [2.45, 2.75) is 51.4 Å². The van der Waals surface area contributed by atoms with Crippen LogP contribution in [0.5, 0.6) is 0 Å². The van der Waals surface area contributed by atoms with Gasteiger partial charge in [-0.05, 0) is 19.8 Å². The molecule has 0 aliphatic carbocycles. The van der Waals surface area contributed by atoms with E-state index in [9.17, 15) is 0 Å². The summed E-state index contributed by atoms with van der Waals surface area (Å²) in [5.74, 6) is 0.0991. The van der Waals surface area contributed by atoms with Crippen LogP contribution in [0.2, 0.25) is 0 Å². The molecule has 2 aliphatic heterocycles. The Bertz CT molecular complexity index is 871. The number of nitrogens with two attached hydrogens (primary N) is 2. The smallest absolute Gasteiger partial charge is 0.203 e. The van der Waals surface area contributed by atoms with Gasteiger partial charge in [-0.1, -0.05) is 13.8 Å². The molecule has 2 aromatic heterocycles. The van der Waals surface area contributed by atoms with Crippen LogP contribution < -0.4 is 11.5 Å². The number of anilines is 1. The van der Waals surface area contributed by atoms with Gasteiger partial charge in [0.05, 0.1) is 12.9 Å². The molecule has 0 radical (unpaired) electrons. The van der Waals surface area contributed by atoms with Gasteiger partial charge in [0.1, 0.15) is 24.1 Å². The van der Waals surface area contributed by atoms with Crippen molar-refractivity contribution in [3.63, 3.8) is 0 Å². The van der Waals surface area contributed by atoms with Gasteiger partial charge in [-0.3, -0.25) is 9.47 Å². The Morgan fingerprint density at radius 2 is 2.10 bits per heavy atom. The Kier molecular flexibility index (Phi) is 5.24. The largest absolute Gasteiger partial charge is 0.382 e. The van der Waals surface area contributed by atoms with Crippen LogP contribution in [0.1, 0.15) is 27.7 Å². The number of nitrogen functional groups attached to an aromatic ring is 1. The molecule has 2 aliphatic rings. The van der Waals surface area contributed by atoms with E-state index in [2.05, 4.69) is 33.7 Å². The van der Waals surface area contributed by atoms with Gasteiger partial charge in [0.2, 0.25) is 5.72 Å². The SMILES string of the molecule is CC(C)CN(CCN)CC1OCC2(n3cnc4c(N)ncnc43)OC(C)(C)OC12. The molecule has 4 rings (SSSR count). The van der Waals surface area contributed by atoms with Crippen molar-refractivity contribution in [1.82, 2.24) is 24.4 Å². The van der Waals surface area contributed by atoms with Crippen LogP contribution in [0.3, 0.4) is 0 Å². The number of aromatic nitrogens is 4. The normalized spacial score (nSPS) is 28.7. The number of imidazole rings is 1. The Morgan fingerprint density at radius 3 is 2.83 bits per heavy atom. The Labute approximate surface area is 170 Å². The molecule has 10 nitrogen and oxygen atoms in total. The molecule has 4 N–H and O–H groups in total. The van der Waals surface area contributed by atoms with E-state index in [0.29, 0.717) is 42.6 Å². The second-order valence-corrected chi connectivity index (χ2v) is 8.72. The lowest BCUT2D eigenvalue weighted by atomic mass is 10.0. The highest BCUT2D eigenvalue weighted by molar-refractivity contribution is 5.81. The van der Waals surface area contributed by atoms with Crippen LogP contribution in [0.4, 0.5) is 5.82 Å². The van der Waals surface area contributed by atoms with Gasteiger partial charge in [0.15, 0.2) is 17.3 Å². The first-order chi connectivity index (χ1) is 13.8. The third-order valence-electron chi connectivity index (χ3n) is 5.40. The molecule has 0 spiro atoms. The first-order valence-electron chi connectivity index (χ1n) is 10.1. The molecule has 2 fully saturated rings. The van der Waals surface area contributed by atoms with E-state index in [1.807, 2.05) is 18.4 Å². The highest BCUT2D eigenvalue weighted by Crippen LogP contribution is 2.47. The van der Waals surface area contributed by atoms with Crippen molar-refractivity contribution >= 4 is 17.0 Å². The summed E-state index contributed by atoms with van der Waals surface area (Å²) >= 11 is 0. The van der Waals surface area contributed by atoms with E-state index in [1.54, 1.807) is 6.33 Å². The van der Waals surface area contributed by atoms with Gasteiger partial charge in [0.25, 0.3) is 0 Å². The summed E-state index contributed by atoms with van der Waals surface area (Å²) in [6.45, 7) is 11.6. The minimum atomic E-state index is -0.865. The zero-order valence-electron chi connectivity index (χ0n) is 17.5. The van der Waals surface area contributed by atoms with Crippen molar-refractivity contribution in [2.24, 2.45) is 11.7 Å². The minimum Gasteiger partial charge on any atom is -0.382 e. The summed E-state index contributed by atoms with van der Waals surface area (Å²) < 4.78 is 20.9. The molecule has 0 saturated carbocycles. The van der Waals surface area contributed by atoms with E-state index in [-0.39, 0.29) is 12.2 Å². The van der Waals surface area contributed by atoms with Crippen LogP contribution in [0.25, 0.3) is 11.2 Å². The van der Waals surface area contributed by atoms with Gasteiger partial charge in [-0.2, -0.15) is 0 Å². The number of rotatable bonds is 7. The van der Waals surface area contributed by atoms with Crippen molar-refractivity contribution < 1.29 is 14.2 Å². The summed E-state index contributed by atoms with van der Waals surface area (Å²) in [4.78, 5) is 15.2. The topological polar surface area (TPSA) is 127 Å². The average Bonchev–Trinajstić information content (AvgIpc) is 3.26. The first kappa shape index (κ1) is 20.4. The number of hydrogen-bond donors (Lipinski definition) is 2. The third-order valence-corrected chi connectivity index (χ3v) is 5.40. The number of nitrogens with zero attached hydrogens (tertiary/aromatic N) is 5. The molecule has 3 atom stereocenters. The highest BCUT2D eigenvalue weighted by Gasteiger charge is 2.63. The van der Waals surface area contributed by atoms with Crippen molar-refractivity contribution in [3.05, 3.63) is 12.7 Å². The summed E-state index contributed by atoms with van der Waals surface area (Å²) in [7, 11) is 0. The fourth-order valence-corrected chi connectivity index (χ4v) is 4.44. The Morgan fingerprint density at radius 1 is 1.31 bits per heavy atom. The maximum Gasteiger partial charge on any atom is 0.203 e. The predicted molar refractivity (Wildman–Crippen MR) is 108 cm³/mol. The van der Waals surface area contributed by atoms with Gasteiger partial charge in [-0.15, -0.1) is 0 Å². The molecule has 160 valence electrons. The molecule has 3 unspecified atom stereocenters. The molecule has 0 amide bonds. The van der Waals surface area contributed by atoms with E-state index >= 15 is 0 Å². The highest BCUT2D eigenvalue weighted by atomic mass is 16.8. The molecular weight excluding hydrogens is 374 g/mol. The average molecular weight is 406 g/mol. The third kappa shape index (κ3) is 3.59. The van der Waals surface area contributed by atoms with Crippen LogP contribution in [-0.4, -0.2) is 75.2 Å². The molecular formula is C19H31N7O3. The summed E-state index contributed by atoms with van der Waals surface area (Å²) in [6, 6.07) is 0. The monoisotopic (exact) mass is 405 g/mol. The van der Waals surface area contributed by atoms with Crippen molar-refractivity contribution in [3.8, 4) is 0 Å². The molecule has 0 aromatic carbocycles. The molecule has 29 heavy (non-hydrogen) atoms. The fraction of sp³-hybridized carbons (Fsp3) is 0.737. The zero-order valence-corrected chi connectivity index (χ0v) is 17.5. The molecule has 10 heteroatoms. The van der Waals surface area contributed by atoms with Crippen molar-refractivity contribution in [2.75, 3.05) is 38.5 Å². The lowest BCUT2D eigenvalue weighted by Crippen LogP contribution is -2.47. The first-order valence-corrected chi connectivity index (χ1v) is 10.1. The lowest BCUT2D eigenvalue weighted by molar-refractivity contribution is -0.205. The van der Waals surface area contributed by atoms with Gasteiger partial charge < -0.3 is 25.7 Å². The molecule has 2 saturated heterocycles. The maximum atomic E-state index is 6.44. The zero-order chi connectivity index (χ0) is 20.8. The quantitative estimate of drug-likeness (QED) is 0.678. The van der Waals surface area contributed by atoms with Crippen LogP contribution in [0, 0.1) is 5.92 Å². The van der Waals surface area contributed by atoms with E-state index in [4.69, 9.17) is 25.7 Å². The second kappa shape index (κ2) is 7.44.